The molecule has 0 radical (unpaired) electrons. The van der Waals surface area contributed by atoms with Gasteiger partial charge in [0.15, 0.2) is 0 Å². The van der Waals surface area contributed by atoms with E-state index in [4.69, 9.17) is 0 Å². The minimum atomic E-state index is -0.0477. The third-order valence-electron chi connectivity index (χ3n) is 13.1. The largest absolute Gasteiger partial charge is 0.392 e. The summed E-state index contributed by atoms with van der Waals surface area (Å²) in [7, 11) is 0. The second kappa shape index (κ2) is 22.6. The molecule has 0 aliphatic heterocycles. The van der Waals surface area contributed by atoms with Crippen molar-refractivity contribution in [2.75, 3.05) is 0 Å². The zero-order valence-electron chi connectivity index (χ0n) is 45.0. The van der Waals surface area contributed by atoms with E-state index in [-0.39, 0.29) is 28.3 Å². The van der Waals surface area contributed by atoms with Crippen molar-refractivity contribution in [1.29, 1.82) is 0 Å². The molecule has 0 aliphatic carbocycles. The molecule has 366 valence electrons. The van der Waals surface area contributed by atoms with E-state index in [2.05, 4.69) is 308 Å². The van der Waals surface area contributed by atoms with Crippen LogP contribution in [0, 0.1) is 0 Å². The van der Waals surface area contributed by atoms with Crippen LogP contribution in [-0.2, 0) is 28.3 Å². The second-order valence-electron chi connectivity index (χ2n) is 23.5. The first-order valence-corrected chi connectivity index (χ1v) is 25.6. The van der Waals surface area contributed by atoms with Gasteiger partial charge in [0.25, 0.3) is 0 Å². The topological polar surface area (TPSA) is 20.2 Å². The molecule has 0 saturated heterocycles. The van der Waals surface area contributed by atoms with Crippen LogP contribution >= 0.6 is 0 Å². The SMILES string of the molecule is CC(C)(C)c1ccc(/C=C/c2cc(/C=C/c3ccc(C(C)(C)C)cc3)cc(/C=C/c3cc(/C=C/c4cc(/C=C/c5ccc(C(C)(C)C)cc5)cc(/C=C/c5ccc(C(C)(C)C)cc5)c4)cc(CO)c3)c2)cc1. The lowest BCUT2D eigenvalue weighted by Crippen LogP contribution is -2.10. The molecule has 0 amide bonds. The molecule has 0 aromatic heterocycles. The van der Waals surface area contributed by atoms with E-state index < -0.39 is 0 Å². The van der Waals surface area contributed by atoms with E-state index in [1.165, 1.54) is 44.5 Å². The molecule has 7 aromatic rings. The molecular formula is C71H76O. The Morgan fingerprint density at radius 1 is 0.236 bits per heavy atom. The average Bonchev–Trinajstić information content (AvgIpc) is 3.34. The third-order valence-corrected chi connectivity index (χ3v) is 13.1. The molecular weight excluding hydrogens is 869 g/mol. The minimum Gasteiger partial charge on any atom is -0.392 e. The van der Waals surface area contributed by atoms with Crippen LogP contribution in [0.1, 0.15) is 178 Å². The molecule has 0 bridgehead atoms. The van der Waals surface area contributed by atoms with Crippen LogP contribution in [0.5, 0.6) is 0 Å². The van der Waals surface area contributed by atoms with Crippen molar-refractivity contribution in [3.63, 3.8) is 0 Å². The Hall–Kier alpha value is -7.06. The summed E-state index contributed by atoms with van der Waals surface area (Å²) in [6.07, 6.45) is 26.2. The standard InChI is InChI=1S/C71H76O/c1-68(2,3)64-33-25-51(26-34-64)13-17-55-41-56(18-14-52-27-35-65(36-28-52)69(4,5)6)44-59(43-55)21-23-61-47-62(49-63(48-61)50-72)24-22-60-45-57(19-15-53-29-37-66(38-30-53)70(7,8)9)42-58(46-60)20-16-54-31-39-67(40-32-54)71(10,11)12/h13-49,72H,50H2,1-12H3/b17-13+,18-14+,19-15+,20-16+,23-21+,24-22+. The summed E-state index contributed by atoms with van der Waals surface area (Å²) in [5.41, 5.74) is 20.0. The van der Waals surface area contributed by atoms with Gasteiger partial charge in [0.05, 0.1) is 6.61 Å². The first kappa shape index (κ1) is 52.8. The summed E-state index contributed by atoms with van der Waals surface area (Å²) >= 11 is 0. The van der Waals surface area contributed by atoms with Gasteiger partial charge in [-0.25, -0.2) is 0 Å². The van der Waals surface area contributed by atoms with Crippen molar-refractivity contribution >= 4 is 72.9 Å². The molecule has 0 saturated carbocycles. The Labute approximate surface area is 433 Å². The molecule has 0 aliphatic rings. The van der Waals surface area contributed by atoms with Crippen LogP contribution in [0.4, 0.5) is 0 Å². The zero-order chi connectivity index (χ0) is 51.7. The van der Waals surface area contributed by atoms with Crippen LogP contribution in [-0.4, -0.2) is 5.11 Å². The van der Waals surface area contributed by atoms with Crippen LogP contribution in [0.2, 0.25) is 0 Å². The predicted molar refractivity (Wildman–Crippen MR) is 319 cm³/mol. The Balaban J connectivity index is 1.18. The van der Waals surface area contributed by atoms with Crippen LogP contribution in [0.25, 0.3) is 72.9 Å². The first-order chi connectivity index (χ1) is 34.0. The number of rotatable bonds is 13. The molecule has 0 atom stereocenters. The lowest BCUT2D eigenvalue weighted by molar-refractivity contribution is 0.282. The summed E-state index contributed by atoms with van der Waals surface area (Å²) in [5.74, 6) is 0. The van der Waals surface area contributed by atoms with Gasteiger partial charge in [-0.2, -0.15) is 0 Å². The summed E-state index contributed by atoms with van der Waals surface area (Å²) in [6, 6.07) is 55.2. The quantitative estimate of drug-likeness (QED) is 0.114. The Morgan fingerprint density at radius 2 is 0.389 bits per heavy atom. The minimum absolute atomic E-state index is 0.0477. The molecule has 1 N–H and O–H groups in total. The van der Waals surface area contributed by atoms with Crippen LogP contribution < -0.4 is 0 Å². The number of hydrogen-bond acceptors (Lipinski definition) is 1. The summed E-state index contributed by atoms with van der Waals surface area (Å²) in [5, 5.41) is 10.5. The second-order valence-corrected chi connectivity index (χ2v) is 23.5. The van der Waals surface area contributed by atoms with Gasteiger partial charge in [-0.1, -0.05) is 253 Å². The van der Waals surface area contributed by atoms with Crippen molar-refractivity contribution < 1.29 is 5.11 Å². The van der Waals surface area contributed by atoms with E-state index in [0.717, 1.165) is 50.1 Å². The maximum atomic E-state index is 10.5. The number of aliphatic hydroxyl groups is 1. The normalized spacial score (nSPS) is 13.1. The van der Waals surface area contributed by atoms with Gasteiger partial charge >= 0.3 is 0 Å². The van der Waals surface area contributed by atoms with Gasteiger partial charge in [-0.15, -0.1) is 0 Å². The van der Waals surface area contributed by atoms with Crippen molar-refractivity contribution in [1.82, 2.24) is 0 Å². The van der Waals surface area contributed by atoms with Gasteiger partial charge in [-0.3, -0.25) is 0 Å². The van der Waals surface area contributed by atoms with E-state index in [0.29, 0.717) is 0 Å². The van der Waals surface area contributed by atoms with Crippen molar-refractivity contribution in [3.8, 4) is 0 Å². The molecule has 1 nitrogen and oxygen atoms in total. The zero-order valence-corrected chi connectivity index (χ0v) is 45.0. The molecule has 0 heterocycles. The highest BCUT2D eigenvalue weighted by Crippen LogP contribution is 2.28. The first-order valence-electron chi connectivity index (χ1n) is 25.6. The van der Waals surface area contributed by atoms with E-state index in [1.54, 1.807) is 0 Å². The highest BCUT2D eigenvalue weighted by Gasteiger charge is 2.15. The van der Waals surface area contributed by atoms with E-state index >= 15 is 0 Å². The van der Waals surface area contributed by atoms with Crippen molar-refractivity contribution in [2.24, 2.45) is 0 Å². The highest BCUT2D eigenvalue weighted by molar-refractivity contribution is 5.82. The van der Waals surface area contributed by atoms with Gasteiger partial charge < -0.3 is 5.11 Å². The number of aliphatic hydroxyl groups excluding tert-OH is 1. The molecule has 0 unspecified atom stereocenters. The number of hydrogen-bond donors (Lipinski definition) is 1. The monoisotopic (exact) mass is 945 g/mol. The molecule has 7 rings (SSSR count). The van der Waals surface area contributed by atoms with Crippen molar-refractivity contribution in [2.45, 2.75) is 111 Å². The Morgan fingerprint density at radius 3 is 0.542 bits per heavy atom. The van der Waals surface area contributed by atoms with Gasteiger partial charge in [-0.05, 0) is 171 Å². The number of benzene rings is 7. The maximum absolute atomic E-state index is 10.5. The smallest absolute Gasteiger partial charge is 0.0682 e. The lowest BCUT2D eigenvalue weighted by atomic mass is 9.86. The van der Waals surface area contributed by atoms with Gasteiger partial charge in [0.1, 0.15) is 0 Å². The predicted octanol–water partition coefficient (Wildman–Crippen LogP) is 19.4. The van der Waals surface area contributed by atoms with E-state index in [9.17, 15) is 5.11 Å². The summed E-state index contributed by atoms with van der Waals surface area (Å²) < 4.78 is 0. The fraction of sp³-hybridized carbons (Fsp3) is 0.239. The van der Waals surface area contributed by atoms with Crippen molar-refractivity contribution in [3.05, 3.63) is 246 Å². The molecule has 7 aromatic carbocycles. The molecule has 0 fully saturated rings. The molecule has 0 spiro atoms. The van der Waals surface area contributed by atoms with Gasteiger partial charge in [0.2, 0.25) is 0 Å². The van der Waals surface area contributed by atoms with E-state index in [1.807, 2.05) is 0 Å². The summed E-state index contributed by atoms with van der Waals surface area (Å²) in [6.45, 7) is 26.9. The van der Waals surface area contributed by atoms with Gasteiger partial charge in [0, 0.05) is 0 Å². The van der Waals surface area contributed by atoms with Crippen LogP contribution in [0.15, 0.2) is 152 Å². The fourth-order valence-corrected chi connectivity index (χ4v) is 8.54. The average molecular weight is 945 g/mol. The molecule has 1 heteroatoms. The summed E-state index contributed by atoms with van der Waals surface area (Å²) in [4.78, 5) is 0. The fourth-order valence-electron chi connectivity index (χ4n) is 8.54. The Bertz CT molecular complexity index is 2730. The van der Waals surface area contributed by atoms with Crippen LogP contribution in [0.3, 0.4) is 0 Å². The Kier molecular flexibility index (Phi) is 16.5. The third kappa shape index (κ3) is 15.5. The molecule has 72 heavy (non-hydrogen) atoms. The lowest BCUT2D eigenvalue weighted by Gasteiger charge is -2.18. The maximum Gasteiger partial charge on any atom is 0.0682 e. The highest BCUT2D eigenvalue weighted by atomic mass is 16.3.